The Bertz CT molecular complexity index is 1190. The molecule has 0 spiro atoms. The number of halogens is 3. The van der Waals surface area contributed by atoms with Crippen molar-refractivity contribution in [1.29, 1.82) is 5.26 Å². The van der Waals surface area contributed by atoms with Gasteiger partial charge in [-0.25, -0.2) is 8.42 Å². The van der Waals surface area contributed by atoms with E-state index in [9.17, 15) is 32.0 Å². The second-order valence-corrected chi connectivity index (χ2v) is 11.5. The van der Waals surface area contributed by atoms with E-state index in [1.165, 1.54) is 0 Å². The molecule has 0 heterocycles. The highest BCUT2D eigenvalue weighted by Crippen LogP contribution is 2.40. The summed E-state index contributed by atoms with van der Waals surface area (Å²) in [7, 11) is -4.44. The van der Waals surface area contributed by atoms with Gasteiger partial charge in [0.15, 0.2) is 0 Å². The average molecular weight is 482 g/mol. The highest BCUT2D eigenvalue weighted by atomic mass is 32.2. The third-order valence-electron chi connectivity index (χ3n) is 4.80. The second kappa shape index (κ2) is 8.75. The van der Waals surface area contributed by atoms with E-state index in [2.05, 4.69) is 4.74 Å². The topological polar surface area (TPSA) is 87.4 Å². The molecule has 2 aromatic carbocycles. The third kappa shape index (κ3) is 6.29. The molecular weight excluding hydrogens is 455 g/mol. The van der Waals surface area contributed by atoms with Crippen LogP contribution in [0.5, 0.6) is 11.5 Å². The van der Waals surface area contributed by atoms with E-state index >= 15 is 0 Å². The molecule has 0 saturated carbocycles. The van der Waals surface area contributed by atoms with Gasteiger partial charge in [-0.15, -0.1) is 13.2 Å². The number of benzene rings is 2. The minimum absolute atomic E-state index is 0.0884. The van der Waals surface area contributed by atoms with E-state index in [0.717, 1.165) is 24.3 Å². The monoisotopic (exact) mass is 481 g/mol. The van der Waals surface area contributed by atoms with Gasteiger partial charge >= 0.3 is 6.36 Å². The predicted molar refractivity (Wildman–Crippen MR) is 119 cm³/mol. The zero-order valence-electron chi connectivity index (χ0n) is 19.2. The van der Waals surface area contributed by atoms with Gasteiger partial charge in [-0.2, -0.15) is 5.26 Å². The fourth-order valence-electron chi connectivity index (χ4n) is 3.17. The van der Waals surface area contributed by atoms with Crippen molar-refractivity contribution < 1.29 is 31.4 Å². The molecule has 33 heavy (non-hydrogen) atoms. The number of phenols is 1. The molecule has 5 nitrogen and oxygen atoms in total. The molecule has 178 valence electrons. The first-order chi connectivity index (χ1) is 14.9. The smallest absolute Gasteiger partial charge is 0.507 e. The Hall–Kier alpha value is -2.99. The van der Waals surface area contributed by atoms with E-state index < -0.39 is 42.6 Å². The van der Waals surface area contributed by atoms with E-state index in [1.807, 2.05) is 41.5 Å². The molecule has 0 atom stereocenters. The van der Waals surface area contributed by atoms with Crippen LogP contribution < -0.4 is 4.74 Å². The highest BCUT2D eigenvalue weighted by Gasteiger charge is 2.32. The Balaban J connectivity index is 2.69. The lowest BCUT2D eigenvalue weighted by molar-refractivity contribution is -0.274. The van der Waals surface area contributed by atoms with E-state index in [-0.39, 0.29) is 5.75 Å². The Kier molecular flexibility index (Phi) is 6.96. The van der Waals surface area contributed by atoms with Gasteiger partial charge in [-0.3, -0.25) is 0 Å². The lowest BCUT2D eigenvalue weighted by atomic mass is 9.78. The minimum Gasteiger partial charge on any atom is -0.507 e. The van der Waals surface area contributed by atoms with Gasteiger partial charge in [-0.1, -0.05) is 47.6 Å². The van der Waals surface area contributed by atoms with Crippen molar-refractivity contribution >= 4 is 15.9 Å². The molecule has 0 aromatic heterocycles. The lowest BCUT2D eigenvalue weighted by Crippen LogP contribution is -2.17. The lowest BCUT2D eigenvalue weighted by Gasteiger charge is -2.28. The number of aromatic hydroxyl groups is 1. The summed E-state index contributed by atoms with van der Waals surface area (Å²) in [6, 6.07) is 8.69. The number of phenolic OH excluding ortho intramolecular Hbond substituents is 1. The molecule has 0 aliphatic carbocycles. The predicted octanol–water partition coefficient (Wildman–Crippen LogP) is 6.22. The average Bonchev–Trinajstić information content (AvgIpc) is 2.63. The van der Waals surface area contributed by atoms with Gasteiger partial charge in [-0.05, 0) is 52.8 Å². The van der Waals surface area contributed by atoms with Crippen LogP contribution in [-0.4, -0.2) is 19.9 Å². The number of allylic oxidation sites excluding steroid dienone is 1. The quantitative estimate of drug-likeness (QED) is 0.524. The van der Waals surface area contributed by atoms with Gasteiger partial charge in [0.1, 0.15) is 22.5 Å². The molecule has 2 rings (SSSR count). The van der Waals surface area contributed by atoms with Gasteiger partial charge in [0.2, 0.25) is 9.84 Å². The Morgan fingerprint density at radius 2 is 1.52 bits per heavy atom. The molecule has 0 bridgehead atoms. The molecule has 0 radical (unpaired) electrons. The molecule has 0 aliphatic rings. The number of sulfone groups is 1. The van der Waals surface area contributed by atoms with Crippen molar-refractivity contribution in [3.05, 3.63) is 58.0 Å². The maximum absolute atomic E-state index is 13.0. The van der Waals surface area contributed by atoms with Crippen LogP contribution in [0.2, 0.25) is 0 Å². The molecule has 0 saturated heterocycles. The number of hydrogen-bond acceptors (Lipinski definition) is 5. The van der Waals surface area contributed by atoms with E-state index in [4.69, 9.17) is 0 Å². The number of alkyl halides is 3. The van der Waals surface area contributed by atoms with Gasteiger partial charge < -0.3 is 9.84 Å². The van der Waals surface area contributed by atoms with Gasteiger partial charge in [0.05, 0.1) is 4.90 Å². The zero-order valence-corrected chi connectivity index (χ0v) is 20.0. The maximum atomic E-state index is 13.0. The number of rotatable bonds is 4. The summed E-state index contributed by atoms with van der Waals surface area (Å²) in [5.41, 5.74) is 0.532. The molecule has 2 aromatic rings. The highest BCUT2D eigenvalue weighted by molar-refractivity contribution is 7.95. The van der Waals surface area contributed by atoms with Crippen molar-refractivity contribution in [1.82, 2.24) is 0 Å². The van der Waals surface area contributed by atoms with Crippen molar-refractivity contribution in [2.24, 2.45) is 0 Å². The summed E-state index contributed by atoms with van der Waals surface area (Å²) in [5, 5.41) is 20.4. The number of nitrogens with zero attached hydrogens (tertiary/aromatic N) is 1. The summed E-state index contributed by atoms with van der Waals surface area (Å²) in [4.78, 5) is -1.17. The molecule has 1 N–H and O–H groups in total. The third-order valence-corrected chi connectivity index (χ3v) is 6.46. The first-order valence-electron chi connectivity index (χ1n) is 9.97. The molecule has 0 amide bonds. The summed E-state index contributed by atoms with van der Waals surface area (Å²) >= 11 is 0. The van der Waals surface area contributed by atoms with Gasteiger partial charge in [0, 0.05) is 11.1 Å². The summed E-state index contributed by atoms with van der Waals surface area (Å²) in [6.07, 6.45) is -3.84. The number of ether oxygens (including phenoxy) is 1. The maximum Gasteiger partial charge on any atom is 0.573 e. The summed E-state index contributed by atoms with van der Waals surface area (Å²) in [5.74, 6) is -0.624. The van der Waals surface area contributed by atoms with Crippen LogP contribution in [0.1, 0.15) is 58.2 Å². The minimum atomic E-state index is -4.99. The fourth-order valence-corrected chi connectivity index (χ4v) is 4.36. The van der Waals surface area contributed by atoms with Crippen LogP contribution in [0.4, 0.5) is 13.2 Å². The van der Waals surface area contributed by atoms with Crippen LogP contribution in [0.3, 0.4) is 0 Å². The van der Waals surface area contributed by atoms with Crippen LogP contribution in [-0.2, 0) is 20.7 Å². The fraction of sp³-hybridized carbons (Fsp3) is 0.375. The van der Waals surface area contributed by atoms with Crippen molar-refractivity contribution in [3.8, 4) is 17.6 Å². The van der Waals surface area contributed by atoms with Crippen molar-refractivity contribution in [2.75, 3.05) is 0 Å². The van der Waals surface area contributed by atoms with Crippen LogP contribution in [0.15, 0.2) is 46.2 Å². The normalized spacial score (nSPS) is 13.5. The Morgan fingerprint density at radius 3 is 1.94 bits per heavy atom. The Labute approximate surface area is 192 Å². The van der Waals surface area contributed by atoms with Crippen molar-refractivity contribution in [3.63, 3.8) is 0 Å². The summed E-state index contributed by atoms with van der Waals surface area (Å²) < 4.78 is 67.5. The van der Waals surface area contributed by atoms with Gasteiger partial charge in [0.25, 0.3) is 0 Å². The van der Waals surface area contributed by atoms with E-state index in [0.29, 0.717) is 22.8 Å². The Morgan fingerprint density at radius 1 is 1.00 bits per heavy atom. The van der Waals surface area contributed by atoms with Crippen LogP contribution in [0, 0.1) is 11.3 Å². The zero-order chi connectivity index (χ0) is 25.4. The molecule has 0 fully saturated rings. The molecular formula is C24H26F3NO4S. The molecule has 0 aliphatic heterocycles. The second-order valence-electron chi connectivity index (χ2n) is 9.61. The standard InChI is InChI=1S/C24H26F3NO4S/c1-22(2,3)19-11-15(12-20(21(19)29)23(4,5)6)10-18(14-28)33(30,31)17-9-7-8-16(13-17)32-24(25,26)27/h7-13,29H,1-6H3/b18-10-. The van der Waals surface area contributed by atoms with E-state index in [1.54, 1.807) is 18.2 Å². The first-order valence-corrected chi connectivity index (χ1v) is 11.5. The largest absolute Gasteiger partial charge is 0.573 e. The SMILES string of the molecule is CC(C)(C)c1cc(/C=C(/C#N)S(=O)(=O)c2cccc(OC(F)(F)F)c2)cc(C(C)(C)C)c1O. The van der Waals surface area contributed by atoms with Crippen molar-refractivity contribution in [2.45, 2.75) is 63.6 Å². The number of hydrogen-bond donors (Lipinski definition) is 1. The molecule has 9 heteroatoms. The molecule has 0 unspecified atom stereocenters. The first kappa shape index (κ1) is 26.3. The van der Waals surface area contributed by atoms with Crippen LogP contribution >= 0.6 is 0 Å². The number of nitriles is 1. The van der Waals surface area contributed by atoms with Crippen LogP contribution in [0.25, 0.3) is 6.08 Å². The summed E-state index contributed by atoms with van der Waals surface area (Å²) in [6.45, 7) is 11.3.